The van der Waals surface area contributed by atoms with Gasteiger partial charge in [0.15, 0.2) is 5.75 Å². The number of pyridine rings is 1. The maximum Gasteiger partial charge on any atom is 0.292 e. The largest absolute Gasteiger partial charge is 0.487 e. The van der Waals surface area contributed by atoms with E-state index in [0.29, 0.717) is 23.9 Å². The average molecular weight is 325 g/mol. The fourth-order valence-corrected chi connectivity index (χ4v) is 2.34. The van der Waals surface area contributed by atoms with E-state index in [1.165, 1.54) is 0 Å². The molecule has 22 heavy (non-hydrogen) atoms. The van der Waals surface area contributed by atoms with E-state index in [9.17, 15) is 4.79 Å². The Morgan fingerprint density at radius 2 is 2.23 bits per heavy atom. The summed E-state index contributed by atoms with van der Waals surface area (Å²) in [6.07, 6.45) is 1.73. The third-order valence-electron chi connectivity index (χ3n) is 3.71. The molecule has 1 fully saturated rings. The van der Waals surface area contributed by atoms with Crippen LogP contribution in [0.5, 0.6) is 5.75 Å². The summed E-state index contributed by atoms with van der Waals surface area (Å²) in [5.74, 6) is 0.335. The Morgan fingerprint density at radius 3 is 2.91 bits per heavy atom. The zero-order valence-corrected chi connectivity index (χ0v) is 13.7. The predicted octanol–water partition coefficient (Wildman–Crippen LogP) is 0.482. The van der Waals surface area contributed by atoms with Crippen LogP contribution in [0.3, 0.4) is 0 Å². The first kappa shape index (κ1) is 16.9. The van der Waals surface area contributed by atoms with Crippen molar-refractivity contribution in [3.05, 3.63) is 28.7 Å². The second-order valence-electron chi connectivity index (χ2n) is 5.44. The maximum atomic E-state index is 12.3. The molecule has 1 aliphatic rings. The van der Waals surface area contributed by atoms with Gasteiger partial charge < -0.3 is 19.8 Å². The fourth-order valence-electron chi connectivity index (χ4n) is 2.26. The van der Waals surface area contributed by atoms with E-state index < -0.39 is 0 Å². The van der Waals surface area contributed by atoms with E-state index >= 15 is 0 Å². The van der Waals surface area contributed by atoms with Gasteiger partial charge in [-0.25, -0.2) is 0 Å². The smallest absolute Gasteiger partial charge is 0.292 e. The minimum absolute atomic E-state index is 0.0312. The van der Waals surface area contributed by atoms with Crippen LogP contribution in [0, 0.1) is 5.92 Å². The number of thiocarbonyl (C=S) groups is 1. The van der Waals surface area contributed by atoms with Gasteiger partial charge in [-0.15, -0.1) is 0 Å². The second kappa shape index (κ2) is 8.26. The van der Waals surface area contributed by atoms with E-state index in [2.05, 4.69) is 4.90 Å². The van der Waals surface area contributed by atoms with Gasteiger partial charge >= 0.3 is 0 Å². The summed E-state index contributed by atoms with van der Waals surface area (Å²) in [4.78, 5) is 15.0. The first-order valence-electron chi connectivity index (χ1n) is 7.49. The highest BCUT2D eigenvalue weighted by atomic mass is 32.1. The lowest BCUT2D eigenvalue weighted by atomic mass is 10.2. The quantitative estimate of drug-likeness (QED) is 0.736. The van der Waals surface area contributed by atoms with Crippen molar-refractivity contribution in [1.29, 1.82) is 0 Å². The van der Waals surface area contributed by atoms with E-state index in [1.54, 1.807) is 22.9 Å². The molecule has 2 heterocycles. The SMILES string of the molecule is CC(Cn1cccc(OCCN2CCOCC2)c1=O)C(N)=S. The zero-order valence-electron chi connectivity index (χ0n) is 12.9. The molecule has 0 aromatic carbocycles. The van der Waals surface area contributed by atoms with Crippen molar-refractivity contribution < 1.29 is 9.47 Å². The van der Waals surface area contributed by atoms with Crippen LogP contribution < -0.4 is 16.0 Å². The van der Waals surface area contributed by atoms with Crippen LogP contribution in [-0.4, -0.2) is 53.9 Å². The molecule has 0 radical (unpaired) electrons. The molecule has 0 aliphatic carbocycles. The molecule has 1 saturated heterocycles. The van der Waals surface area contributed by atoms with Gasteiger partial charge in [0.2, 0.25) is 0 Å². The standard InChI is InChI=1S/C15H23N3O3S/c1-12(14(16)22)11-18-4-2-3-13(15(18)19)21-10-7-17-5-8-20-9-6-17/h2-4,12H,5-11H2,1H3,(H2,16,22). The number of hydrogen-bond donors (Lipinski definition) is 1. The first-order valence-corrected chi connectivity index (χ1v) is 7.90. The van der Waals surface area contributed by atoms with Crippen molar-refractivity contribution in [2.75, 3.05) is 39.5 Å². The third kappa shape index (κ3) is 4.79. The van der Waals surface area contributed by atoms with Crippen LogP contribution in [0.4, 0.5) is 0 Å². The summed E-state index contributed by atoms with van der Waals surface area (Å²) < 4.78 is 12.5. The van der Waals surface area contributed by atoms with E-state index in [1.807, 2.05) is 6.92 Å². The summed E-state index contributed by atoms with van der Waals surface area (Å²) >= 11 is 4.95. The number of rotatable bonds is 7. The lowest BCUT2D eigenvalue weighted by Crippen LogP contribution is -2.39. The summed E-state index contributed by atoms with van der Waals surface area (Å²) in [6, 6.07) is 3.50. The van der Waals surface area contributed by atoms with Crippen molar-refractivity contribution in [2.24, 2.45) is 11.7 Å². The van der Waals surface area contributed by atoms with Gasteiger partial charge in [-0.3, -0.25) is 9.69 Å². The number of morpholine rings is 1. The predicted molar refractivity (Wildman–Crippen MR) is 89.4 cm³/mol. The summed E-state index contributed by atoms with van der Waals surface area (Å²) in [6.45, 7) is 6.99. The van der Waals surface area contributed by atoms with Crippen molar-refractivity contribution in [3.63, 3.8) is 0 Å². The van der Waals surface area contributed by atoms with Gasteiger partial charge in [-0.2, -0.15) is 0 Å². The number of aromatic nitrogens is 1. The minimum atomic E-state index is -0.146. The molecule has 0 amide bonds. The summed E-state index contributed by atoms with van der Waals surface area (Å²) in [5, 5.41) is 0. The Hall–Kier alpha value is -1.44. The Morgan fingerprint density at radius 1 is 1.50 bits per heavy atom. The number of hydrogen-bond acceptors (Lipinski definition) is 5. The molecule has 1 aliphatic heterocycles. The highest BCUT2D eigenvalue weighted by Gasteiger charge is 2.12. The Bertz CT molecular complexity index is 555. The molecule has 1 aromatic rings. The Kier molecular flexibility index (Phi) is 6.35. The van der Waals surface area contributed by atoms with Crippen LogP contribution in [-0.2, 0) is 11.3 Å². The van der Waals surface area contributed by atoms with Crippen molar-refractivity contribution in [1.82, 2.24) is 9.47 Å². The monoisotopic (exact) mass is 325 g/mol. The highest BCUT2D eigenvalue weighted by Crippen LogP contribution is 2.05. The minimum Gasteiger partial charge on any atom is -0.487 e. The molecule has 2 rings (SSSR count). The van der Waals surface area contributed by atoms with E-state index in [0.717, 1.165) is 32.8 Å². The lowest BCUT2D eigenvalue weighted by molar-refractivity contribution is 0.0321. The summed E-state index contributed by atoms with van der Waals surface area (Å²) in [7, 11) is 0. The van der Waals surface area contributed by atoms with Gasteiger partial charge in [0.05, 0.1) is 18.2 Å². The second-order valence-corrected chi connectivity index (χ2v) is 5.91. The average Bonchev–Trinajstić information content (AvgIpc) is 2.51. The molecule has 1 aromatic heterocycles. The number of ether oxygens (including phenoxy) is 2. The third-order valence-corrected chi connectivity index (χ3v) is 4.11. The van der Waals surface area contributed by atoms with Gasteiger partial charge in [-0.05, 0) is 12.1 Å². The molecule has 0 spiro atoms. The molecule has 1 unspecified atom stereocenters. The number of nitrogens with zero attached hydrogens (tertiary/aromatic N) is 2. The topological polar surface area (TPSA) is 69.7 Å². The molecule has 1 atom stereocenters. The fraction of sp³-hybridized carbons (Fsp3) is 0.600. The molecular formula is C15H23N3O3S. The first-order chi connectivity index (χ1) is 10.6. The molecule has 122 valence electrons. The maximum absolute atomic E-state index is 12.3. The van der Waals surface area contributed by atoms with Crippen LogP contribution in [0.25, 0.3) is 0 Å². The molecule has 0 bridgehead atoms. The number of nitrogens with two attached hydrogens (primary N) is 1. The molecule has 6 nitrogen and oxygen atoms in total. The van der Waals surface area contributed by atoms with Gasteiger partial charge in [0.1, 0.15) is 6.61 Å². The highest BCUT2D eigenvalue weighted by molar-refractivity contribution is 7.80. The Balaban J connectivity index is 1.90. The van der Waals surface area contributed by atoms with Crippen molar-refractivity contribution in [2.45, 2.75) is 13.5 Å². The zero-order chi connectivity index (χ0) is 15.9. The summed E-state index contributed by atoms with van der Waals surface area (Å²) in [5.41, 5.74) is 5.46. The molecule has 0 saturated carbocycles. The van der Waals surface area contributed by atoms with E-state index in [-0.39, 0.29) is 11.5 Å². The van der Waals surface area contributed by atoms with Crippen molar-refractivity contribution in [3.8, 4) is 5.75 Å². The van der Waals surface area contributed by atoms with Gasteiger partial charge in [0, 0.05) is 38.3 Å². The normalized spacial score (nSPS) is 17.1. The molecular weight excluding hydrogens is 302 g/mol. The van der Waals surface area contributed by atoms with Crippen LogP contribution in [0.2, 0.25) is 0 Å². The van der Waals surface area contributed by atoms with Gasteiger partial charge in [-0.1, -0.05) is 19.1 Å². The van der Waals surface area contributed by atoms with Crippen LogP contribution in [0.15, 0.2) is 23.1 Å². The molecule has 7 heteroatoms. The van der Waals surface area contributed by atoms with Crippen molar-refractivity contribution >= 4 is 17.2 Å². The lowest BCUT2D eigenvalue weighted by Gasteiger charge is -2.26. The van der Waals surface area contributed by atoms with E-state index in [4.69, 9.17) is 27.4 Å². The van der Waals surface area contributed by atoms with Crippen LogP contribution >= 0.6 is 12.2 Å². The molecule has 2 N–H and O–H groups in total. The van der Waals surface area contributed by atoms with Gasteiger partial charge in [0.25, 0.3) is 5.56 Å². The Labute approximate surface area is 135 Å². The van der Waals surface area contributed by atoms with Crippen LogP contribution in [0.1, 0.15) is 6.92 Å².